The van der Waals surface area contributed by atoms with Crippen LogP contribution in [0.3, 0.4) is 0 Å². The van der Waals surface area contributed by atoms with Crippen LogP contribution in [0.2, 0.25) is 0 Å². The first-order valence-corrected chi connectivity index (χ1v) is 8.76. The van der Waals surface area contributed by atoms with E-state index >= 15 is 0 Å². The Kier molecular flexibility index (Phi) is 5.37. The van der Waals surface area contributed by atoms with E-state index in [1.807, 2.05) is 26.8 Å². The first-order chi connectivity index (χ1) is 10.8. The molecule has 0 bridgehead atoms. The molecule has 7 heteroatoms. The number of pyridine rings is 1. The van der Waals surface area contributed by atoms with E-state index in [9.17, 15) is 9.00 Å². The second-order valence-corrected chi connectivity index (χ2v) is 8.16. The normalized spacial score (nSPS) is 19.7. The lowest BCUT2D eigenvalue weighted by Crippen LogP contribution is -2.45. The predicted octanol–water partition coefficient (Wildman–Crippen LogP) is 2.46. The van der Waals surface area contributed by atoms with Crippen molar-refractivity contribution in [3.63, 3.8) is 0 Å². The van der Waals surface area contributed by atoms with Crippen LogP contribution in [-0.4, -0.2) is 44.1 Å². The van der Waals surface area contributed by atoms with Gasteiger partial charge in [-0.1, -0.05) is 0 Å². The van der Waals surface area contributed by atoms with Gasteiger partial charge in [0.1, 0.15) is 10.6 Å². The van der Waals surface area contributed by atoms with E-state index < -0.39 is 16.4 Å². The molecule has 2 atom stereocenters. The Hall–Kier alpha value is -1.94. The molecular formula is C16H21N3O3S. The minimum atomic E-state index is -1.35. The van der Waals surface area contributed by atoms with Crippen molar-refractivity contribution in [2.24, 2.45) is 0 Å². The van der Waals surface area contributed by atoms with Crippen LogP contribution in [0.4, 0.5) is 4.79 Å². The van der Waals surface area contributed by atoms with Gasteiger partial charge in [-0.3, -0.25) is 4.21 Å². The molecule has 1 amide bonds. The summed E-state index contributed by atoms with van der Waals surface area (Å²) in [5.41, 5.74) is -0.116. The fourth-order valence-corrected chi connectivity index (χ4v) is 3.81. The number of amides is 1. The molecule has 2 heterocycles. The molecule has 1 aromatic rings. The average molecular weight is 335 g/mol. The van der Waals surface area contributed by atoms with Gasteiger partial charge in [-0.2, -0.15) is 5.26 Å². The summed E-state index contributed by atoms with van der Waals surface area (Å²) in [4.78, 5) is 17.9. The second kappa shape index (κ2) is 7.09. The number of nitrogens with zero attached hydrogens (tertiary/aromatic N) is 3. The molecule has 0 aromatic carbocycles. The third-order valence-corrected chi connectivity index (χ3v) is 5.03. The molecule has 1 aliphatic rings. The van der Waals surface area contributed by atoms with Crippen LogP contribution >= 0.6 is 0 Å². The number of ether oxygens (including phenoxy) is 1. The minimum Gasteiger partial charge on any atom is -0.444 e. The Morgan fingerprint density at radius 2 is 2.26 bits per heavy atom. The van der Waals surface area contributed by atoms with E-state index in [4.69, 9.17) is 10.00 Å². The van der Waals surface area contributed by atoms with Gasteiger partial charge >= 0.3 is 6.09 Å². The highest BCUT2D eigenvalue weighted by molar-refractivity contribution is 7.85. The molecule has 1 aromatic heterocycles. The second-order valence-electron chi connectivity index (χ2n) is 6.48. The van der Waals surface area contributed by atoms with Crippen molar-refractivity contribution in [1.82, 2.24) is 9.88 Å². The van der Waals surface area contributed by atoms with E-state index in [1.165, 1.54) is 6.20 Å². The van der Waals surface area contributed by atoms with Crippen LogP contribution < -0.4 is 0 Å². The van der Waals surface area contributed by atoms with E-state index in [0.29, 0.717) is 23.7 Å². The van der Waals surface area contributed by atoms with Crippen molar-refractivity contribution in [1.29, 1.82) is 5.26 Å². The molecule has 0 saturated carbocycles. The van der Waals surface area contributed by atoms with Gasteiger partial charge in [-0.25, -0.2) is 9.78 Å². The van der Waals surface area contributed by atoms with E-state index in [2.05, 4.69) is 4.98 Å². The number of hydrogen-bond donors (Lipinski definition) is 0. The summed E-state index contributed by atoms with van der Waals surface area (Å²) >= 11 is 0. The third-order valence-electron chi connectivity index (χ3n) is 3.40. The number of carbonyl (C=O) groups is 1. The fraction of sp³-hybridized carbons (Fsp3) is 0.562. The van der Waals surface area contributed by atoms with Crippen molar-refractivity contribution in [3.8, 4) is 6.07 Å². The SMILES string of the molecule is CC(C)(C)OC(=O)N1CCC[C@@H]([S@](=O)c2cc(C#N)ccn2)C1. The van der Waals surface area contributed by atoms with Crippen molar-refractivity contribution in [2.75, 3.05) is 13.1 Å². The number of hydrogen-bond acceptors (Lipinski definition) is 5. The Balaban J connectivity index is 2.07. The molecule has 2 rings (SSSR count). The monoisotopic (exact) mass is 335 g/mol. The van der Waals surface area contributed by atoms with Crippen LogP contribution in [0.15, 0.2) is 23.4 Å². The highest BCUT2D eigenvalue weighted by Crippen LogP contribution is 2.21. The van der Waals surface area contributed by atoms with Gasteiger partial charge < -0.3 is 9.64 Å². The molecule has 0 spiro atoms. The van der Waals surface area contributed by atoms with Gasteiger partial charge in [0, 0.05) is 19.3 Å². The molecule has 0 unspecified atom stereocenters. The molecule has 1 aliphatic heterocycles. The number of aromatic nitrogens is 1. The predicted molar refractivity (Wildman–Crippen MR) is 86.2 cm³/mol. The molecule has 124 valence electrons. The van der Waals surface area contributed by atoms with Crippen molar-refractivity contribution in [3.05, 3.63) is 23.9 Å². The van der Waals surface area contributed by atoms with Gasteiger partial charge in [0.05, 0.1) is 27.7 Å². The maximum Gasteiger partial charge on any atom is 0.410 e. The quantitative estimate of drug-likeness (QED) is 0.829. The minimum absolute atomic E-state index is 0.197. The molecule has 23 heavy (non-hydrogen) atoms. The maximum absolute atomic E-state index is 12.7. The zero-order valence-electron chi connectivity index (χ0n) is 13.6. The Labute approximate surface area is 138 Å². The first kappa shape index (κ1) is 17.4. The van der Waals surface area contributed by atoms with Gasteiger partial charge in [-0.05, 0) is 45.7 Å². The molecule has 1 saturated heterocycles. The van der Waals surface area contributed by atoms with Crippen molar-refractivity contribution < 1.29 is 13.7 Å². The standard InChI is InChI=1S/C16H21N3O3S/c1-16(2,3)22-15(20)19-8-4-5-13(11-19)23(21)14-9-12(10-17)6-7-18-14/h6-7,9,13H,4-5,8,11H2,1-3H3/t13-,23+/m1/s1. The molecule has 1 fully saturated rings. The summed E-state index contributed by atoms with van der Waals surface area (Å²) in [5, 5.41) is 9.12. The topological polar surface area (TPSA) is 83.3 Å². The average Bonchev–Trinajstić information content (AvgIpc) is 2.52. The van der Waals surface area contributed by atoms with Crippen LogP contribution in [0.5, 0.6) is 0 Å². The fourth-order valence-electron chi connectivity index (χ4n) is 2.37. The molecule has 0 N–H and O–H groups in total. The lowest BCUT2D eigenvalue weighted by molar-refractivity contribution is 0.0219. The summed E-state index contributed by atoms with van der Waals surface area (Å²) in [6, 6.07) is 5.14. The molecule has 6 nitrogen and oxygen atoms in total. The van der Waals surface area contributed by atoms with Gasteiger partial charge in [-0.15, -0.1) is 0 Å². The lowest BCUT2D eigenvalue weighted by atomic mass is 10.1. The van der Waals surface area contributed by atoms with Crippen LogP contribution in [0, 0.1) is 11.3 Å². The number of nitriles is 1. The van der Waals surface area contributed by atoms with E-state index in [0.717, 1.165) is 12.8 Å². The van der Waals surface area contributed by atoms with Gasteiger partial charge in [0.15, 0.2) is 0 Å². The summed E-state index contributed by atoms with van der Waals surface area (Å²) < 4.78 is 18.1. The zero-order valence-corrected chi connectivity index (χ0v) is 14.4. The number of rotatable bonds is 2. The van der Waals surface area contributed by atoms with Crippen LogP contribution in [0.25, 0.3) is 0 Å². The van der Waals surface area contributed by atoms with E-state index in [1.54, 1.807) is 17.0 Å². The summed E-state index contributed by atoms with van der Waals surface area (Å²) in [6.45, 7) is 6.44. The highest BCUT2D eigenvalue weighted by atomic mass is 32.2. The molecule has 0 aliphatic carbocycles. The number of likely N-dealkylation sites (tertiary alicyclic amines) is 1. The smallest absolute Gasteiger partial charge is 0.410 e. The van der Waals surface area contributed by atoms with Crippen LogP contribution in [0.1, 0.15) is 39.2 Å². The molecular weight excluding hydrogens is 314 g/mol. The molecule has 0 radical (unpaired) electrons. The Morgan fingerprint density at radius 3 is 2.91 bits per heavy atom. The third kappa shape index (κ3) is 4.76. The van der Waals surface area contributed by atoms with Gasteiger partial charge in [0.25, 0.3) is 0 Å². The highest BCUT2D eigenvalue weighted by Gasteiger charge is 2.31. The van der Waals surface area contributed by atoms with E-state index in [-0.39, 0.29) is 11.3 Å². The Bertz CT molecular complexity index is 649. The number of carbonyl (C=O) groups excluding carboxylic acids is 1. The summed E-state index contributed by atoms with van der Waals surface area (Å²) in [5.74, 6) is 0. The summed E-state index contributed by atoms with van der Waals surface area (Å²) in [6.07, 6.45) is 2.64. The van der Waals surface area contributed by atoms with Crippen molar-refractivity contribution in [2.45, 2.75) is 49.5 Å². The lowest BCUT2D eigenvalue weighted by Gasteiger charge is -2.33. The van der Waals surface area contributed by atoms with Crippen LogP contribution in [-0.2, 0) is 15.5 Å². The maximum atomic E-state index is 12.7. The summed E-state index contributed by atoms with van der Waals surface area (Å²) in [7, 11) is -1.35. The zero-order chi connectivity index (χ0) is 17.0. The first-order valence-electron chi connectivity index (χ1n) is 7.55. The van der Waals surface area contributed by atoms with Gasteiger partial charge in [0.2, 0.25) is 0 Å². The van der Waals surface area contributed by atoms with Crippen molar-refractivity contribution >= 4 is 16.9 Å². The largest absolute Gasteiger partial charge is 0.444 e. The Morgan fingerprint density at radius 1 is 1.52 bits per heavy atom. The number of piperidine rings is 1.